The zero-order valence-electron chi connectivity index (χ0n) is 19.3. The van der Waals surface area contributed by atoms with Gasteiger partial charge in [0.05, 0.1) is 19.1 Å². The third-order valence-corrected chi connectivity index (χ3v) is 6.33. The molecule has 3 rings (SSSR count). The van der Waals surface area contributed by atoms with E-state index in [1.807, 2.05) is 41.3 Å². The zero-order chi connectivity index (χ0) is 24.7. The minimum atomic E-state index is -0.391. The Hall–Kier alpha value is -3.24. The SMILES string of the molecule is CN(N)/C=C(\N)CN(Cc1ccc(N)cc1)C(=O)NCC(=O)N1CCCC1c1ccccc1Br. The van der Waals surface area contributed by atoms with E-state index in [-0.39, 0.29) is 25.0 Å². The van der Waals surface area contributed by atoms with Crippen molar-refractivity contribution in [2.24, 2.45) is 11.6 Å². The Morgan fingerprint density at radius 2 is 1.91 bits per heavy atom. The van der Waals surface area contributed by atoms with E-state index in [4.69, 9.17) is 17.3 Å². The normalized spacial score (nSPS) is 15.8. The van der Waals surface area contributed by atoms with E-state index < -0.39 is 6.03 Å². The second-order valence-electron chi connectivity index (χ2n) is 8.39. The average Bonchev–Trinajstić information content (AvgIpc) is 3.28. The summed E-state index contributed by atoms with van der Waals surface area (Å²) in [5.41, 5.74) is 14.8. The van der Waals surface area contributed by atoms with Crippen LogP contribution in [0.3, 0.4) is 0 Å². The fourth-order valence-electron chi connectivity index (χ4n) is 4.06. The van der Waals surface area contributed by atoms with Crippen LogP contribution in [0.4, 0.5) is 10.5 Å². The molecule has 1 fully saturated rings. The molecule has 3 amide bonds. The number of nitrogen functional groups attached to an aromatic ring is 1. The number of carbonyl (C=O) groups is 2. The van der Waals surface area contributed by atoms with Crippen LogP contribution < -0.4 is 22.6 Å². The number of nitrogens with two attached hydrogens (primary N) is 3. The van der Waals surface area contributed by atoms with Crippen molar-refractivity contribution in [1.82, 2.24) is 20.1 Å². The van der Waals surface area contributed by atoms with Crippen LogP contribution in [0.2, 0.25) is 0 Å². The lowest BCUT2D eigenvalue weighted by atomic mass is 10.0. The van der Waals surface area contributed by atoms with Gasteiger partial charge in [-0.25, -0.2) is 10.6 Å². The smallest absolute Gasteiger partial charge is 0.318 e. The van der Waals surface area contributed by atoms with Gasteiger partial charge >= 0.3 is 6.03 Å². The first kappa shape index (κ1) is 25.4. The number of hydrogen-bond acceptors (Lipinski definition) is 6. The van der Waals surface area contributed by atoms with Gasteiger partial charge in [-0.2, -0.15) is 0 Å². The molecular formula is C24H32BrN7O2. The second-order valence-corrected chi connectivity index (χ2v) is 9.25. The number of anilines is 1. The summed E-state index contributed by atoms with van der Waals surface area (Å²) < 4.78 is 0.977. The summed E-state index contributed by atoms with van der Waals surface area (Å²) >= 11 is 3.59. The number of rotatable bonds is 8. The minimum absolute atomic E-state index is 0.00970. The molecule has 2 aromatic carbocycles. The molecule has 10 heteroatoms. The first-order valence-corrected chi connectivity index (χ1v) is 11.9. The van der Waals surface area contributed by atoms with Gasteiger partial charge in [-0.15, -0.1) is 0 Å². The van der Waals surface area contributed by atoms with E-state index in [2.05, 4.69) is 21.2 Å². The van der Waals surface area contributed by atoms with Crippen molar-refractivity contribution in [2.75, 3.05) is 32.4 Å². The van der Waals surface area contributed by atoms with Gasteiger partial charge in [-0.05, 0) is 42.2 Å². The van der Waals surface area contributed by atoms with Crippen molar-refractivity contribution < 1.29 is 9.59 Å². The predicted octanol–water partition coefficient (Wildman–Crippen LogP) is 2.51. The number of amides is 3. The van der Waals surface area contributed by atoms with Crippen molar-refractivity contribution in [2.45, 2.75) is 25.4 Å². The molecule has 1 saturated heterocycles. The van der Waals surface area contributed by atoms with Gasteiger partial charge in [0.15, 0.2) is 0 Å². The molecule has 1 aliphatic heterocycles. The summed E-state index contributed by atoms with van der Waals surface area (Å²) in [6, 6.07) is 14.8. The number of nitrogens with one attached hydrogen (secondary N) is 1. The van der Waals surface area contributed by atoms with E-state index in [9.17, 15) is 9.59 Å². The van der Waals surface area contributed by atoms with Gasteiger partial charge in [0.2, 0.25) is 5.91 Å². The summed E-state index contributed by atoms with van der Waals surface area (Å²) in [4.78, 5) is 29.4. The number of hydrogen-bond donors (Lipinski definition) is 4. The maximum atomic E-state index is 13.0. The van der Waals surface area contributed by atoms with Gasteiger partial charge in [0.25, 0.3) is 0 Å². The molecule has 1 atom stereocenters. The van der Waals surface area contributed by atoms with E-state index in [0.29, 0.717) is 24.5 Å². The molecule has 0 aromatic heterocycles. The maximum Gasteiger partial charge on any atom is 0.318 e. The van der Waals surface area contributed by atoms with Crippen molar-refractivity contribution in [3.05, 3.63) is 76.0 Å². The Labute approximate surface area is 208 Å². The standard InChI is InChI=1S/C24H32BrN7O2/c1-30(28)15-19(27)16-31(14-17-8-10-18(26)11-9-17)24(34)29-13-23(33)32-12-4-7-22(32)20-5-2-3-6-21(20)25/h2-3,5-6,8-11,15,22H,4,7,12-14,16,26-28H2,1H3,(H,29,34)/b19-15-. The third-order valence-electron chi connectivity index (χ3n) is 5.61. The third kappa shape index (κ3) is 6.88. The van der Waals surface area contributed by atoms with Crippen LogP contribution in [-0.2, 0) is 11.3 Å². The molecule has 34 heavy (non-hydrogen) atoms. The zero-order valence-corrected chi connectivity index (χ0v) is 20.9. The lowest BCUT2D eigenvalue weighted by Crippen LogP contribution is -2.46. The largest absolute Gasteiger partial charge is 0.399 e. The highest BCUT2D eigenvalue weighted by atomic mass is 79.9. The fraction of sp³-hybridized carbons (Fsp3) is 0.333. The van der Waals surface area contributed by atoms with Gasteiger partial charge < -0.3 is 31.6 Å². The maximum absolute atomic E-state index is 13.0. The molecule has 0 aliphatic carbocycles. The number of likely N-dealkylation sites (tertiary alicyclic amines) is 1. The molecule has 1 unspecified atom stereocenters. The molecule has 7 N–H and O–H groups in total. The number of benzene rings is 2. The number of hydrazine groups is 1. The van der Waals surface area contributed by atoms with Gasteiger partial charge in [-0.3, -0.25) is 4.79 Å². The summed E-state index contributed by atoms with van der Waals surface area (Å²) in [6.07, 6.45) is 3.35. The van der Waals surface area contributed by atoms with Crippen molar-refractivity contribution in [1.29, 1.82) is 0 Å². The highest BCUT2D eigenvalue weighted by molar-refractivity contribution is 9.10. The van der Waals surface area contributed by atoms with Crippen LogP contribution >= 0.6 is 15.9 Å². The minimum Gasteiger partial charge on any atom is -0.399 e. The molecule has 1 heterocycles. The van der Waals surface area contributed by atoms with Crippen molar-refractivity contribution >= 4 is 33.6 Å². The molecule has 1 aliphatic rings. The monoisotopic (exact) mass is 529 g/mol. The number of carbonyl (C=O) groups excluding carboxylic acids is 2. The van der Waals surface area contributed by atoms with E-state index in [0.717, 1.165) is 28.4 Å². The molecule has 0 spiro atoms. The topological polar surface area (TPSA) is 134 Å². The molecule has 9 nitrogen and oxygen atoms in total. The van der Waals surface area contributed by atoms with Gasteiger partial charge in [0.1, 0.15) is 0 Å². The van der Waals surface area contributed by atoms with Crippen LogP contribution in [-0.4, -0.2) is 53.4 Å². The highest BCUT2D eigenvalue weighted by Crippen LogP contribution is 2.35. The van der Waals surface area contributed by atoms with Crippen LogP contribution in [0.15, 0.2) is 64.9 Å². The van der Waals surface area contributed by atoms with Crippen LogP contribution in [0.1, 0.15) is 30.0 Å². The predicted molar refractivity (Wildman–Crippen MR) is 137 cm³/mol. The highest BCUT2D eigenvalue weighted by Gasteiger charge is 2.31. The molecule has 2 aromatic rings. The molecule has 0 saturated carbocycles. The Bertz CT molecular complexity index is 1030. The summed E-state index contributed by atoms with van der Waals surface area (Å²) in [6.45, 7) is 1.01. The van der Waals surface area contributed by atoms with Gasteiger partial charge in [-0.1, -0.05) is 46.3 Å². The molecule has 0 bridgehead atoms. The molecule has 182 valence electrons. The Balaban J connectivity index is 1.67. The fourth-order valence-corrected chi connectivity index (χ4v) is 4.61. The summed E-state index contributed by atoms with van der Waals surface area (Å²) in [5, 5.41) is 4.09. The number of urea groups is 1. The average molecular weight is 530 g/mol. The van der Waals surface area contributed by atoms with Crippen LogP contribution in [0, 0.1) is 0 Å². The summed E-state index contributed by atoms with van der Waals surface area (Å²) in [7, 11) is 1.65. The Morgan fingerprint density at radius 1 is 1.21 bits per heavy atom. The summed E-state index contributed by atoms with van der Waals surface area (Å²) in [5.74, 6) is 5.52. The number of halogens is 1. The van der Waals surface area contributed by atoms with E-state index in [1.165, 1.54) is 9.91 Å². The Kier molecular flexibility index (Phi) is 8.78. The lowest BCUT2D eigenvalue weighted by Gasteiger charge is -2.27. The van der Waals surface area contributed by atoms with Gasteiger partial charge in [0, 0.05) is 42.2 Å². The first-order chi connectivity index (χ1) is 16.2. The molecular weight excluding hydrogens is 498 g/mol. The number of nitrogens with zero attached hydrogens (tertiary/aromatic N) is 3. The van der Waals surface area contributed by atoms with E-state index in [1.54, 1.807) is 25.4 Å². The van der Waals surface area contributed by atoms with E-state index >= 15 is 0 Å². The van der Waals surface area contributed by atoms with Crippen LogP contribution in [0.25, 0.3) is 0 Å². The Morgan fingerprint density at radius 3 is 2.59 bits per heavy atom. The second kappa shape index (κ2) is 11.8. The van der Waals surface area contributed by atoms with Crippen LogP contribution in [0.5, 0.6) is 0 Å². The quantitative estimate of drug-likeness (QED) is 0.236. The molecule has 0 radical (unpaired) electrons. The first-order valence-electron chi connectivity index (χ1n) is 11.1. The lowest BCUT2D eigenvalue weighted by molar-refractivity contribution is -0.131. The van der Waals surface area contributed by atoms with Crippen molar-refractivity contribution in [3.8, 4) is 0 Å². The van der Waals surface area contributed by atoms with Crippen molar-refractivity contribution in [3.63, 3.8) is 0 Å².